The topological polar surface area (TPSA) is 54.1 Å². The average molecular weight is 785 g/mol. The largest absolute Gasteiger partial charge is 0 e. The molecule has 0 bridgehead atoms. The number of hydrogen-bond acceptors (Lipinski definition) is 4. The number of pyridine rings is 2. The van der Waals surface area contributed by atoms with Gasteiger partial charge < -0.3 is 5.11 Å². The molecule has 0 amide bonds. The summed E-state index contributed by atoms with van der Waals surface area (Å²) in [5, 5.41) is 14.8. The minimum atomic E-state index is -2.24. The van der Waals surface area contributed by atoms with Gasteiger partial charge in [0.15, 0.2) is 5.78 Å². The number of rotatable bonds is 3. The van der Waals surface area contributed by atoms with E-state index in [-0.39, 0.29) is 31.6 Å². The zero-order valence-corrected chi connectivity index (χ0v) is 28.5. The van der Waals surface area contributed by atoms with Gasteiger partial charge in [0.05, 0.1) is 5.76 Å². The van der Waals surface area contributed by atoms with Gasteiger partial charge in [-0.3, -0.25) is 4.79 Å². The van der Waals surface area contributed by atoms with Crippen LogP contribution in [0.25, 0.3) is 53.2 Å². The van der Waals surface area contributed by atoms with Crippen LogP contribution in [0.15, 0.2) is 84.8 Å². The molecular formula is C33H31GeIrN2O2S-. The van der Waals surface area contributed by atoms with Gasteiger partial charge in [0, 0.05) is 26.2 Å². The Morgan fingerprint density at radius 3 is 2.42 bits per heavy atom. The maximum atomic E-state index is 10.0. The molecule has 0 fully saturated rings. The van der Waals surface area contributed by atoms with Gasteiger partial charge in [-0.25, -0.2) is 0 Å². The summed E-state index contributed by atoms with van der Waals surface area (Å²) in [5.41, 5.74) is 3.42. The number of nitrogens with zero attached hydrogens (tertiary/aromatic N) is 2. The Morgan fingerprint density at radius 2 is 1.75 bits per heavy atom. The van der Waals surface area contributed by atoms with Crippen LogP contribution in [0.3, 0.4) is 0 Å². The third-order valence-corrected chi connectivity index (χ3v) is 12.1. The zero-order valence-electron chi connectivity index (χ0n) is 23.2. The van der Waals surface area contributed by atoms with Gasteiger partial charge in [-0.2, -0.15) is 0 Å². The number of ketones is 1. The number of aliphatic hydroxyl groups is 1. The fraction of sp³-hybridized carbons (Fsp3) is 0.152. The second-order valence-corrected chi connectivity index (χ2v) is 22.3. The van der Waals surface area contributed by atoms with Crippen molar-refractivity contribution in [1.82, 2.24) is 4.98 Å². The summed E-state index contributed by atoms with van der Waals surface area (Å²) in [4.78, 5) is 15.7. The first-order valence-electron chi connectivity index (χ1n) is 12.8. The summed E-state index contributed by atoms with van der Waals surface area (Å²) in [6, 6.07) is 27.5. The molecule has 4 nitrogen and oxygen atoms in total. The summed E-state index contributed by atoms with van der Waals surface area (Å²) >= 11 is -0.494. The third-order valence-electron chi connectivity index (χ3n) is 6.72. The van der Waals surface area contributed by atoms with Crippen LogP contribution in [0, 0.1) is 13.1 Å². The predicted molar refractivity (Wildman–Crippen MR) is 167 cm³/mol. The van der Waals surface area contributed by atoms with Crippen molar-refractivity contribution in [3.05, 3.63) is 97.9 Å². The molecule has 0 aliphatic rings. The minimum Gasteiger partial charge on any atom is 0 e. The molecule has 3 aromatic carbocycles. The van der Waals surface area contributed by atoms with E-state index in [4.69, 9.17) is 5.11 Å². The number of fused-ring (bicyclic) bond motifs is 6. The second-order valence-electron chi connectivity index (χ2n) is 10.8. The molecule has 0 saturated carbocycles. The summed E-state index contributed by atoms with van der Waals surface area (Å²) in [5.74, 6) is 7.36. The summed E-state index contributed by atoms with van der Waals surface area (Å²) < 4.78 is 4.85. The van der Waals surface area contributed by atoms with Crippen LogP contribution in [-0.4, -0.2) is 29.1 Å². The van der Waals surface area contributed by atoms with Crippen LogP contribution in [0.1, 0.15) is 13.8 Å². The molecule has 6 aromatic rings. The van der Waals surface area contributed by atoms with Crippen molar-refractivity contribution in [3.8, 4) is 11.3 Å². The summed E-state index contributed by atoms with van der Waals surface area (Å²) in [6.07, 6.45) is 3.04. The molecule has 0 aliphatic heterocycles. The molecule has 7 heteroatoms. The second kappa shape index (κ2) is 11.8. The molecule has 3 heterocycles. The Balaban J connectivity index is 0.000000413. The molecule has 1 radical (unpaired) electrons. The molecular weight excluding hydrogens is 753 g/mol. The Bertz CT molecular complexity index is 1920. The zero-order chi connectivity index (χ0) is 27.9. The van der Waals surface area contributed by atoms with E-state index in [0.717, 1.165) is 16.1 Å². The number of benzene rings is 3. The van der Waals surface area contributed by atoms with Gasteiger partial charge >= 0.3 is 195 Å². The van der Waals surface area contributed by atoms with Crippen LogP contribution in [0.2, 0.25) is 17.3 Å². The fourth-order valence-corrected chi connectivity index (χ4v) is 9.51. The van der Waals surface area contributed by atoms with Gasteiger partial charge in [0.1, 0.15) is 0 Å². The minimum absolute atomic E-state index is 0. The molecule has 205 valence electrons. The SMILES string of the molecule is CC(=O)/C=C(/C)O.[CH2-][n+]1c(-c2[c-]ccc3c2sc2ncccc23)c[c]([Ge]([CH3])([CH3])[CH3])c2c3ccccc3ccc21.[Ir]. The van der Waals surface area contributed by atoms with Crippen molar-refractivity contribution in [3.63, 3.8) is 0 Å². The Kier molecular flexibility index (Phi) is 8.86. The van der Waals surface area contributed by atoms with E-state index in [0.29, 0.717) is 0 Å². The number of aromatic nitrogens is 2. The maximum absolute atomic E-state index is 10.0. The van der Waals surface area contributed by atoms with E-state index in [1.165, 1.54) is 61.5 Å². The first kappa shape index (κ1) is 29.9. The van der Waals surface area contributed by atoms with E-state index in [9.17, 15) is 4.79 Å². The van der Waals surface area contributed by atoms with Crippen LogP contribution in [0.4, 0.5) is 0 Å². The quantitative estimate of drug-likeness (QED) is 0.0500. The van der Waals surface area contributed by atoms with Crippen molar-refractivity contribution >= 4 is 76.8 Å². The average Bonchev–Trinajstić information content (AvgIpc) is 3.27. The molecule has 3 aromatic heterocycles. The first-order chi connectivity index (χ1) is 18.6. The van der Waals surface area contributed by atoms with Gasteiger partial charge in [-0.1, -0.05) is 0 Å². The summed E-state index contributed by atoms with van der Waals surface area (Å²) in [6.45, 7) is 2.85. The van der Waals surface area contributed by atoms with E-state index < -0.39 is 13.3 Å². The van der Waals surface area contributed by atoms with Crippen LogP contribution in [0.5, 0.6) is 0 Å². The third kappa shape index (κ3) is 5.72. The molecule has 1 N–H and O–H groups in total. The monoisotopic (exact) mass is 786 g/mol. The van der Waals surface area contributed by atoms with Gasteiger partial charge in [-0.05, 0) is 13.8 Å². The van der Waals surface area contributed by atoms with Crippen molar-refractivity contribution in [2.45, 2.75) is 31.1 Å². The number of aliphatic hydroxyl groups excluding tert-OH is 1. The smallest absolute Gasteiger partial charge is 0 e. The van der Waals surface area contributed by atoms with Gasteiger partial charge in [0.25, 0.3) is 0 Å². The molecule has 0 spiro atoms. The van der Waals surface area contributed by atoms with E-state index in [1.54, 1.807) is 11.3 Å². The molecule has 0 aliphatic carbocycles. The van der Waals surface area contributed by atoms with Crippen LogP contribution < -0.4 is 8.96 Å². The Labute approximate surface area is 255 Å². The van der Waals surface area contributed by atoms with Crippen molar-refractivity contribution < 1.29 is 34.6 Å². The van der Waals surface area contributed by atoms with E-state index in [1.807, 2.05) is 18.3 Å². The maximum Gasteiger partial charge on any atom is 0 e. The number of hydrogen-bond donors (Lipinski definition) is 1. The Hall–Kier alpha value is -3.03. The van der Waals surface area contributed by atoms with E-state index in [2.05, 4.69) is 94.5 Å². The molecule has 6 rings (SSSR count). The number of carbonyl (C=O) groups is 1. The first-order valence-corrected chi connectivity index (χ1v) is 21.0. The van der Waals surface area contributed by atoms with Crippen LogP contribution in [-0.2, 0) is 24.9 Å². The predicted octanol–water partition coefficient (Wildman–Crippen LogP) is 7.73. The normalized spacial score (nSPS) is 11.9. The number of allylic oxidation sites excluding steroid dienone is 2. The molecule has 0 unspecified atom stereocenters. The van der Waals surface area contributed by atoms with Crippen molar-refractivity contribution in [1.29, 1.82) is 0 Å². The fourth-order valence-electron chi connectivity index (χ4n) is 5.04. The molecule has 40 heavy (non-hydrogen) atoms. The van der Waals surface area contributed by atoms with Gasteiger partial charge in [-0.15, -0.1) is 0 Å². The van der Waals surface area contributed by atoms with Gasteiger partial charge in [0.2, 0.25) is 0 Å². The number of thiophene rings is 1. The molecule has 0 saturated heterocycles. The summed E-state index contributed by atoms with van der Waals surface area (Å²) in [7, 11) is 4.52. The standard InChI is InChI=1S/C28H23GeN2S.C5H8O2.Ir/c1-29(2,3)23-17-25(31(4)24-15-14-18-9-5-6-10-19(18)26(23)24)22-12-7-11-20-21-13-8-16-30-28(21)32-27(20)22;1-4(6)3-5(2)7;/h5-11,13-17H,4H2,1-3H3;3,6H,1-2H3;/q-1;;/b;4-3-;. The number of carbonyl (C=O) groups excluding carboxylic acids is 1. The van der Waals surface area contributed by atoms with Crippen molar-refractivity contribution in [2.24, 2.45) is 0 Å². The Morgan fingerprint density at radius 1 is 1.02 bits per heavy atom. The molecule has 0 atom stereocenters. The van der Waals surface area contributed by atoms with Crippen molar-refractivity contribution in [2.75, 3.05) is 0 Å². The van der Waals surface area contributed by atoms with E-state index >= 15 is 0 Å². The van der Waals surface area contributed by atoms with Crippen LogP contribution >= 0.6 is 11.3 Å².